The predicted molar refractivity (Wildman–Crippen MR) is 55.3 cm³/mol. The van der Waals surface area contributed by atoms with Crippen molar-refractivity contribution in [2.75, 3.05) is 6.61 Å². The summed E-state index contributed by atoms with van der Waals surface area (Å²) in [5.41, 5.74) is 2.45. The van der Waals surface area contributed by atoms with E-state index in [1.807, 2.05) is 6.33 Å². The summed E-state index contributed by atoms with van der Waals surface area (Å²) in [5, 5.41) is 0. The molecule has 14 heavy (non-hydrogen) atoms. The molecule has 1 aromatic rings. The summed E-state index contributed by atoms with van der Waals surface area (Å²) in [7, 11) is 0. The van der Waals surface area contributed by atoms with Gasteiger partial charge >= 0.3 is 0 Å². The maximum Gasteiger partial charge on any atom is 0.135 e. The Hall–Kier alpha value is -0.830. The molecule has 1 aliphatic rings. The quantitative estimate of drug-likeness (QED) is 0.723. The fraction of sp³-hybridized carbons (Fsp3) is 0.727. The molecule has 0 aliphatic carbocycles. The zero-order valence-electron chi connectivity index (χ0n) is 9.16. The summed E-state index contributed by atoms with van der Waals surface area (Å²) in [6.45, 7) is 7.37. The van der Waals surface area contributed by atoms with Gasteiger partial charge < -0.3 is 9.30 Å². The maximum atomic E-state index is 5.67. The Bertz CT molecular complexity index is 311. The number of ether oxygens (including phenoxy) is 1. The van der Waals surface area contributed by atoms with Crippen molar-refractivity contribution in [2.45, 2.75) is 45.8 Å². The summed E-state index contributed by atoms with van der Waals surface area (Å²) < 4.78 is 7.87. The van der Waals surface area contributed by atoms with Crippen LogP contribution in [0.5, 0.6) is 0 Å². The van der Waals surface area contributed by atoms with E-state index in [0.717, 1.165) is 18.7 Å². The van der Waals surface area contributed by atoms with Crippen molar-refractivity contribution in [3.05, 3.63) is 17.7 Å². The van der Waals surface area contributed by atoms with Crippen molar-refractivity contribution in [3.63, 3.8) is 0 Å². The lowest BCUT2D eigenvalue weighted by Crippen LogP contribution is -2.11. The highest BCUT2D eigenvalue weighted by molar-refractivity contribution is 5.15. The lowest BCUT2D eigenvalue weighted by Gasteiger charge is -2.17. The Kier molecular flexibility index (Phi) is 2.59. The van der Waals surface area contributed by atoms with E-state index < -0.39 is 0 Å². The summed E-state index contributed by atoms with van der Waals surface area (Å²) in [5.74, 6) is 0.515. The van der Waals surface area contributed by atoms with E-state index in [9.17, 15) is 0 Å². The number of nitrogens with zero attached hydrogens (tertiary/aromatic N) is 2. The van der Waals surface area contributed by atoms with Gasteiger partial charge in [-0.1, -0.05) is 13.8 Å². The molecule has 1 aromatic heterocycles. The molecule has 0 aromatic carbocycles. The minimum absolute atomic E-state index is 0.230. The zero-order chi connectivity index (χ0) is 10.1. The monoisotopic (exact) mass is 194 g/mol. The SMILES string of the molecule is Cc1ncn(C2CCCO2)c1C(C)C. The van der Waals surface area contributed by atoms with Crippen molar-refractivity contribution in [2.24, 2.45) is 0 Å². The third-order valence-corrected chi connectivity index (χ3v) is 2.79. The first-order valence-electron chi connectivity index (χ1n) is 5.35. The van der Waals surface area contributed by atoms with E-state index in [4.69, 9.17) is 4.74 Å². The minimum Gasteiger partial charge on any atom is -0.358 e. The Labute approximate surface area is 85.1 Å². The lowest BCUT2D eigenvalue weighted by atomic mass is 10.1. The Balaban J connectivity index is 2.32. The second kappa shape index (κ2) is 3.73. The van der Waals surface area contributed by atoms with Crippen LogP contribution >= 0.6 is 0 Å². The van der Waals surface area contributed by atoms with Crippen LogP contribution in [0.15, 0.2) is 6.33 Å². The molecule has 3 heteroatoms. The van der Waals surface area contributed by atoms with Gasteiger partial charge in [0, 0.05) is 12.3 Å². The molecule has 0 radical (unpaired) electrons. The van der Waals surface area contributed by atoms with Crippen LogP contribution in [0.2, 0.25) is 0 Å². The molecule has 1 saturated heterocycles. The largest absolute Gasteiger partial charge is 0.358 e. The highest BCUT2D eigenvalue weighted by atomic mass is 16.5. The minimum atomic E-state index is 0.230. The van der Waals surface area contributed by atoms with Gasteiger partial charge in [0.05, 0.1) is 12.0 Å². The molecule has 1 atom stereocenters. The van der Waals surface area contributed by atoms with Crippen LogP contribution in [0.4, 0.5) is 0 Å². The molecule has 3 nitrogen and oxygen atoms in total. The average molecular weight is 194 g/mol. The van der Waals surface area contributed by atoms with Crippen LogP contribution in [-0.4, -0.2) is 16.2 Å². The topological polar surface area (TPSA) is 27.1 Å². The standard InChI is InChI=1S/C11H18N2O/c1-8(2)11-9(3)12-7-13(11)10-5-4-6-14-10/h7-8,10H,4-6H2,1-3H3. The van der Waals surface area contributed by atoms with E-state index in [1.165, 1.54) is 12.1 Å². The van der Waals surface area contributed by atoms with E-state index in [2.05, 4.69) is 30.3 Å². The van der Waals surface area contributed by atoms with Crippen LogP contribution in [0, 0.1) is 6.92 Å². The van der Waals surface area contributed by atoms with Crippen molar-refractivity contribution >= 4 is 0 Å². The van der Waals surface area contributed by atoms with Gasteiger partial charge in [0.15, 0.2) is 0 Å². The van der Waals surface area contributed by atoms with Gasteiger partial charge in [-0.15, -0.1) is 0 Å². The van der Waals surface area contributed by atoms with Crippen LogP contribution in [0.1, 0.15) is 50.2 Å². The second-order valence-corrected chi connectivity index (χ2v) is 4.24. The van der Waals surface area contributed by atoms with E-state index in [-0.39, 0.29) is 6.23 Å². The lowest BCUT2D eigenvalue weighted by molar-refractivity contribution is 0.0539. The van der Waals surface area contributed by atoms with E-state index in [0.29, 0.717) is 5.92 Å². The molecule has 0 N–H and O–H groups in total. The van der Waals surface area contributed by atoms with Crippen molar-refractivity contribution in [1.82, 2.24) is 9.55 Å². The van der Waals surface area contributed by atoms with Gasteiger partial charge in [0.25, 0.3) is 0 Å². The van der Waals surface area contributed by atoms with Gasteiger partial charge in [-0.2, -0.15) is 0 Å². The Morgan fingerprint density at radius 1 is 1.57 bits per heavy atom. The van der Waals surface area contributed by atoms with Crippen LogP contribution < -0.4 is 0 Å². The highest BCUT2D eigenvalue weighted by Crippen LogP contribution is 2.28. The molecule has 1 unspecified atom stereocenters. The third kappa shape index (κ3) is 1.57. The van der Waals surface area contributed by atoms with Gasteiger partial charge in [0.1, 0.15) is 6.23 Å². The van der Waals surface area contributed by atoms with Gasteiger partial charge in [0.2, 0.25) is 0 Å². The molecular formula is C11H18N2O. The fourth-order valence-electron chi connectivity index (χ4n) is 2.19. The number of hydrogen-bond donors (Lipinski definition) is 0. The highest BCUT2D eigenvalue weighted by Gasteiger charge is 2.22. The third-order valence-electron chi connectivity index (χ3n) is 2.79. The number of aryl methyl sites for hydroxylation is 1. The summed E-state index contributed by atoms with van der Waals surface area (Å²) >= 11 is 0. The Morgan fingerprint density at radius 2 is 2.36 bits per heavy atom. The number of hydrogen-bond acceptors (Lipinski definition) is 2. The predicted octanol–water partition coefficient (Wildman–Crippen LogP) is 2.62. The first-order valence-corrected chi connectivity index (χ1v) is 5.35. The first kappa shape index (κ1) is 9.71. The molecule has 0 bridgehead atoms. The summed E-state index contributed by atoms with van der Waals surface area (Å²) in [4.78, 5) is 4.37. The molecule has 2 heterocycles. The van der Waals surface area contributed by atoms with Gasteiger partial charge in [-0.05, 0) is 25.7 Å². The molecule has 1 fully saturated rings. The van der Waals surface area contributed by atoms with E-state index >= 15 is 0 Å². The molecule has 1 aliphatic heterocycles. The normalized spacial score (nSPS) is 22.1. The molecule has 0 spiro atoms. The molecule has 78 valence electrons. The van der Waals surface area contributed by atoms with Crippen molar-refractivity contribution < 1.29 is 4.74 Å². The summed E-state index contributed by atoms with van der Waals surface area (Å²) in [6.07, 6.45) is 4.43. The smallest absolute Gasteiger partial charge is 0.135 e. The maximum absolute atomic E-state index is 5.67. The van der Waals surface area contributed by atoms with Crippen LogP contribution in [-0.2, 0) is 4.74 Å². The summed E-state index contributed by atoms with van der Waals surface area (Å²) in [6, 6.07) is 0. The molecule has 2 rings (SSSR count). The van der Waals surface area contributed by atoms with Crippen molar-refractivity contribution in [3.8, 4) is 0 Å². The number of imidazole rings is 1. The number of aromatic nitrogens is 2. The van der Waals surface area contributed by atoms with Crippen LogP contribution in [0.3, 0.4) is 0 Å². The van der Waals surface area contributed by atoms with Gasteiger partial charge in [-0.3, -0.25) is 0 Å². The second-order valence-electron chi connectivity index (χ2n) is 4.24. The zero-order valence-corrected chi connectivity index (χ0v) is 9.16. The van der Waals surface area contributed by atoms with Gasteiger partial charge in [-0.25, -0.2) is 4.98 Å². The van der Waals surface area contributed by atoms with E-state index in [1.54, 1.807) is 0 Å². The first-order chi connectivity index (χ1) is 6.70. The van der Waals surface area contributed by atoms with Crippen molar-refractivity contribution in [1.29, 1.82) is 0 Å². The number of rotatable bonds is 2. The fourth-order valence-corrected chi connectivity index (χ4v) is 2.19. The molecular weight excluding hydrogens is 176 g/mol. The molecule has 0 amide bonds. The average Bonchev–Trinajstić information content (AvgIpc) is 2.70. The van der Waals surface area contributed by atoms with Crippen LogP contribution in [0.25, 0.3) is 0 Å². The Morgan fingerprint density at radius 3 is 2.93 bits per heavy atom. The molecule has 0 saturated carbocycles.